The average Bonchev–Trinajstić information content (AvgIpc) is 2.68. The van der Waals surface area contributed by atoms with Crippen LogP contribution in [0.25, 0.3) is 0 Å². The number of rotatable bonds is 4. The lowest BCUT2D eigenvalue weighted by molar-refractivity contribution is 0.607. The van der Waals surface area contributed by atoms with Crippen LogP contribution in [-0.4, -0.2) is 29.4 Å². The fraction of sp³-hybridized carbons (Fsp3) is 0.200. The van der Waals surface area contributed by atoms with Crippen LogP contribution in [0.4, 0.5) is 5.69 Å². The van der Waals surface area contributed by atoms with E-state index in [-0.39, 0.29) is 0 Å². The highest BCUT2D eigenvalue weighted by Gasteiger charge is 2.03. The molecule has 6 nitrogen and oxygen atoms in total. The number of anilines is 1. The highest BCUT2D eigenvalue weighted by molar-refractivity contribution is 7.92. The van der Waals surface area contributed by atoms with E-state index in [1.807, 2.05) is 6.07 Å². The van der Waals surface area contributed by atoms with Gasteiger partial charge < -0.3 is 0 Å². The van der Waals surface area contributed by atoms with Gasteiger partial charge in [0.1, 0.15) is 12.7 Å². The van der Waals surface area contributed by atoms with Crippen LogP contribution in [0.3, 0.4) is 0 Å². The van der Waals surface area contributed by atoms with E-state index in [0.29, 0.717) is 12.2 Å². The first-order valence-corrected chi connectivity index (χ1v) is 6.81. The first-order valence-electron chi connectivity index (χ1n) is 4.92. The van der Waals surface area contributed by atoms with Gasteiger partial charge in [0.25, 0.3) is 0 Å². The zero-order valence-corrected chi connectivity index (χ0v) is 10.1. The summed E-state index contributed by atoms with van der Waals surface area (Å²) >= 11 is 0. The quantitative estimate of drug-likeness (QED) is 0.868. The van der Waals surface area contributed by atoms with Crippen LogP contribution in [-0.2, 0) is 16.6 Å². The van der Waals surface area contributed by atoms with Gasteiger partial charge >= 0.3 is 0 Å². The topological polar surface area (TPSA) is 76.9 Å². The van der Waals surface area contributed by atoms with E-state index in [1.165, 1.54) is 6.33 Å². The molecule has 0 bridgehead atoms. The van der Waals surface area contributed by atoms with Crippen molar-refractivity contribution in [2.75, 3.05) is 11.0 Å². The zero-order chi connectivity index (χ0) is 12.3. The third kappa shape index (κ3) is 3.56. The SMILES string of the molecule is CS(=O)(=O)Nc1cccc(Cn2cncn2)c1. The highest BCUT2D eigenvalue weighted by Crippen LogP contribution is 2.12. The minimum absolute atomic E-state index is 0.546. The van der Waals surface area contributed by atoms with Gasteiger partial charge in [-0.3, -0.25) is 4.72 Å². The van der Waals surface area contributed by atoms with E-state index in [1.54, 1.807) is 29.2 Å². The number of sulfonamides is 1. The summed E-state index contributed by atoms with van der Waals surface area (Å²) in [5.74, 6) is 0. The normalized spacial score (nSPS) is 11.4. The number of aromatic nitrogens is 3. The summed E-state index contributed by atoms with van der Waals surface area (Å²) in [6, 6.07) is 7.16. The molecule has 0 atom stereocenters. The summed E-state index contributed by atoms with van der Waals surface area (Å²) in [5, 5.41) is 3.98. The van der Waals surface area contributed by atoms with Gasteiger partial charge in [0, 0.05) is 5.69 Å². The number of hydrogen-bond acceptors (Lipinski definition) is 4. The molecule has 0 unspecified atom stereocenters. The van der Waals surface area contributed by atoms with Gasteiger partial charge in [-0.1, -0.05) is 12.1 Å². The monoisotopic (exact) mass is 252 g/mol. The Kier molecular flexibility index (Phi) is 3.10. The summed E-state index contributed by atoms with van der Waals surface area (Å²) < 4.78 is 26.3. The minimum atomic E-state index is -3.24. The molecule has 0 saturated carbocycles. The number of hydrogen-bond donors (Lipinski definition) is 1. The maximum atomic E-state index is 11.1. The van der Waals surface area contributed by atoms with Crippen LogP contribution < -0.4 is 4.72 Å². The van der Waals surface area contributed by atoms with Crippen molar-refractivity contribution >= 4 is 15.7 Å². The molecule has 0 aliphatic heterocycles. The van der Waals surface area contributed by atoms with Crippen molar-refractivity contribution in [1.29, 1.82) is 0 Å². The van der Waals surface area contributed by atoms with Gasteiger partial charge in [0.2, 0.25) is 10.0 Å². The van der Waals surface area contributed by atoms with Crippen molar-refractivity contribution < 1.29 is 8.42 Å². The molecule has 0 radical (unpaired) electrons. The first kappa shape index (κ1) is 11.6. The molecule has 1 heterocycles. The van der Waals surface area contributed by atoms with Gasteiger partial charge in [-0.15, -0.1) is 0 Å². The number of nitrogens with zero attached hydrogens (tertiary/aromatic N) is 3. The Labute approximate surface area is 99.4 Å². The van der Waals surface area contributed by atoms with E-state index in [2.05, 4.69) is 14.8 Å². The third-order valence-corrected chi connectivity index (χ3v) is 2.65. The zero-order valence-electron chi connectivity index (χ0n) is 9.24. The second kappa shape index (κ2) is 4.54. The molecule has 2 rings (SSSR count). The lowest BCUT2D eigenvalue weighted by Gasteiger charge is -2.06. The van der Waals surface area contributed by atoms with E-state index in [4.69, 9.17) is 0 Å². The van der Waals surface area contributed by atoms with Crippen molar-refractivity contribution in [3.8, 4) is 0 Å². The van der Waals surface area contributed by atoms with Crippen LogP contribution in [0.1, 0.15) is 5.56 Å². The first-order chi connectivity index (χ1) is 8.03. The molecule has 1 aromatic heterocycles. The van der Waals surface area contributed by atoms with Crippen molar-refractivity contribution in [3.63, 3.8) is 0 Å². The Bertz CT molecular complexity index is 593. The summed E-state index contributed by atoms with van der Waals surface area (Å²) in [6.45, 7) is 0.555. The molecule has 90 valence electrons. The fourth-order valence-electron chi connectivity index (χ4n) is 1.45. The maximum absolute atomic E-state index is 11.1. The summed E-state index contributed by atoms with van der Waals surface area (Å²) in [7, 11) is -3.24. The molecular weight excluding hydrogens is 240 g/mol. The van der Waals surface area contributed by atoms with Crippen molar-refractivity contribution in [2.45, 2.75) is 6.54 Å². The Hall–Kier alpha value is -1.89. The van der Waals surface area contributed by atoms with Gasteiger partial charge in [-0.2, -0.15) is 5.10 Å². The molecule has 2 aromatic rings. The second-order valence-electron chi connectivity index (χ2n) is 3.67. The summed E-state index contributed by atoms with van der Waals surface area (Å²) in [4.78, 5) is 3.84. The molecule has 0 aliphatic carbocycles. The molecule has 1 N–H and O–H groups in total. The predicted molar refractivity (Wildman–Crippen MR) is 64.0 cm³/mol. The number of nitrogens with one attached hydrogen (secondary N) is 1. The number of benzene rings is 1. The molecule has 7 heteroatoms. The van der Waals surface area contributed by atoms with Gasteiger partial charge in [0.05, 0.1) is 12.8 Å². The van der Waals surface area contributed by atoms with Crippen LogP contribution >= 0.6 is 0 Å². The smallest absolute Gasteiger partial charge is 0.229 e. The minimum Gasteiger partial charge on any atom is -0.284 e. The largest absolute Gasteiger partial charge is 0.284 e. The van der Waals surface area contributed by atoms with Crippen LogP contribution in [0.15, 0.2) is 36.9 Å². The molecular formula is C10H12N4O2S. The molecule has 17 heavy (non-hydrogen) atoms. The second-order valence-corrected chi connectivity index (χ2v) is 5.42. The van der Waals surface area contributed by atoms with Crippen molar-refractivity contribution in [3.05, 3.63) is 42.5 Å². The van der Waals surface area contributed by atoms with E-state index >= 15 is 0 Å². The predicted octanol–water partition coefficient (Wildman–Crippen LogP) is 0.698. The Morgan fingerprint density at radius 1 is 1.41 bits per heavy atom. The van der Waals surface area contributed by atoms with Crippen LogP contribution in [0, 0.1) is 0 Å². The average molecular weight is 252 g/mol. The molecule has 0 amide bonds. The standard InChI is InChI=1S/C10H12N4O2S/c1-17(15,16)13-10-4-2-3-9(5-10)6-14-8-11-7-12-14/h2-5,7-8,13H,6H2,1H3. The molecule has 0 fully saturated rings. The van der Waals surface area contributed by atoms with E-state index < -0.39 is 10.0 Å². The molecule has 1 aromatic carbocycles. The van der Waals surface area contributed by atoms with Crippen LogP contribution in [0.2, 0.25) is 0 Å². The maximum Gasteiger partial charge on any atom is 0.229 e. The molecule has 0 aliphatic rings. The van der Waals surface area contributed by atoms with Crippen molar-refractivity contribution in [1.82, 2.24) is 14.8 Å². The van der Waals surface area contributed by atoms with Gasteiger partial charge in [-0.05, 0) is 17.7 Å². The Morgan fingerprint density at radius 3 is 2.88 bits per heavy atom. The van der Waals surface area contributed by atoms with Crippen LogP contribution in [0.5, 0.6) is 0 Å². The van der Waals surface area contributed by atoms with Gasteiger partial charge in [0.15, 0.2) is 0 Å². The molecule has 0 spiro atoms. The highest BCUT2D eigenvalue weighted by atomic mass is 32.2. The third-order valence-electron chi connectivity index (χ3n) is 2.04. The summed E-state index contributed by atoms with van der Waals surface area (Å²) in [6.07, 6.45) is 4.19. The lowest BCUT2D eigenvalue weighted by Crippen LogP contribution is -2.10. The van der Waals surface area contributed by atoms with Crippen molar-refractivity contribution in [2.24, 2.45) is 0 Å². The molecule has 0 saturated heterocycles. The summed E-state index contributed by atoms with van der Waals surface area (Å²) in [5.41, 5.74) is 1.49. The Balaban J connectivity index is 2.17. The fourth-order valence-corrected chi connectivity index (χ4v) is 2.00. The van der Waals surface area contributed by atoms with E-state index in [9.17, 15) is 8.42 Å². The Morgan fingerprint density at radius 2 is 2.24 bits per heavy atom. The lowest BCUT2D eigenvalue weighted by atomic mass is 10.2. The van der Waals surface area contributed by atoms with Gasteiger partial charge in [-0.25, -0.2) is 18.1 Å². The van der Waals surface area contributed by atoms with E-state index in [0.717, 1.165) is 11.8 Å².